The molecule has 5 nitrogen and oxygen atoms in total. The number of amides is 1. The van der Waals surface area contributed by atoms with Gasteiger partial charge in [-0.25, -0.2) is 10.8 Å². The third kappa shape index (κ3) is 6.12. The maximum absolute atomic E-state index is 12.3. The average molecular weight is 292 g/mol. The molecular weight excluding hydrogens is 264 g/mol. The molecule has 0 spiro atoms. The van der Waals surface area contributed by atoms with Crippen molar-refractivity contribution in [1.29, 1.82) is 0 Å². The number of unbranched alkanes of at least 4 members (excludes halogenated alkanes) is 3. The van der Waals surface area contributed by atoms with Gasteiger partial charge in [-0.3, -0.25) is 4.79 Å². The molecule has 0 aromatic carbocycles. The van der Waals surface area contributed by atoms with Crippen molar-refractivity contribution in [3.05, 3.63) is 23.4 Å². The summed E-state index contributed by atoms with van der Waals surface area (Å²) >= 11 is 0. The molecule has 1 aromatic rings. The van der Waals surface area contributed by atoms with E-state index in [4.69, 9.17) is 5.84 Å². The van der Waals surface area contributed by atoms with Gasteiger partial charge < -0.3 is 10.7 Å². The zero-order valence-corrected chi connectivity index (χ0v) is 13.4. The van der Waals surface area contributed by atoms with Crippen molar-refractivity contribution >= 4 is 11.7 Å². The fourth-order valence-electron chi connectivity index (χ4n) is 2.23. The van der Waals surface area contributed by atoms with Crippen LogP contribution >= 0.6 is 0 Å². The maximum atomic E-state index is 12.3. The molecule has 0 radical (unpaired) electrons. The molecule has 5 heteroatoms. The number of nitrogens with zero attached hydrogens (tertiary/aromatic N) is 1. The molecule has 0 aliphatic heterocycles. The summed E-state index contributed by atoms with van der Waals surface area (Å²) in [7, 11) is 0. The van der Waals surface area contributed by atoms with Gasteiger partial charge in [0.2, 0.25) is 0 Å². The molecule has 0 aliphatic carbocycles. The third-order valence-electron chi connectivity index (χ3n) is 3.52. The van der Waals surface area contributed by atoms with E-state index in [1.54, 1.807) is 6.07 Å². The first-order chi connectivity index (χ1) is 10.1. The quantitative estimate of drug-likeness (QED) is 0.371. The van der Waals surface area contributed by atoms with Crippen LogP contribution in [0.25, 0.3) is 0 Å². The van der Waals surface area contributed by atoms with Crippen molar-refractivity contribution in [1.82, 2.24) is 10.3 Å². The fraction of sp³-hybridized carbons (Fsp3) is 0.625. The molecule has 0 bridgehead atoms. The van der Waals surface area contributed by atoms with Crippen molar-refractivity contribution in [2.45, 2.75) is 65.3 Å². The zero-order valence-electron chi connectivity index (χ0n) is 13.4. The number of rotatable bonds is 9. The molecule has 1 amide bonds. The highest BCUT2D eigenvalue weighted by Crippen LogP contribution is 2.11. The van der Waals surface area contributed by atoms with E-state index in [-0.39, 0.29) is 11.9 Å². The van der Waals surface area contributed by atoms with Gasteiger partial charge in [-0.2, -0.15) is 0 Å². The van der Waals surface area contributed by atoms with E-state index < -0.39 is 0 Å². The molecular formula is C16H28N4O. The van der Waals surface area contributed by atoms with Crippen LogP contribution in [0.3, 0.4) is 0 Å². The lowest BCUT2D eigenvalue weighted by molar-refractivity contribution is 0.0937. The van der Waals surface area contributed by atoms with Crippen molar-refractivity contribution in [2.75, 3.05) is 5.43 Å². The van der Waals surface area contributed by atoms with Gasteiger partial charge in [0.05, 0.1) is 0 Å². The minimum atomic E-state index is -0.0633. The number of nitrogen functional groups attached to an aromatic ring is 1. The summed E-state index contributed by atoms with van der Waals surface area (Å²) in [5, 5.41) is 3.04. The zero-order chi connectivity index (χ0) is 15.7. The Labute approximate surface area is 127 Å². The number of aromatic nitrogens is 1. The lowest BCUT2D eigenvalue weighted by atomic mass is 10.1. The molecule has 1 aromatic heterocycles. The highest BCUT2D eigenvalue weighted by atomic mass is 16.1. The number of anilines is 1. The van der Waals surface area contributed by atoms with Crippen molar-refractivity contribution in [3.63, 3.8) is 0 Å². The summed E-state index contributed by atoms with van der Waals surface area (Å²) in [5.41, 5.74) is 3.97. The summed E-state index contributed by atoms with van der Waals surface area (Å²) in [5.74, 6) is 5.85. The number of hydrogen-bond acceptors (Lipinski definition) is 4. The van der Waals surface area contributed by atoms with Crippen LogP contribution in [0.4, 0.5) is 5.82 Å². The Balaban J connectivity index is 2.58. The van der Waals surface area contributed by atoms with E-state index in [9.17, 15) is 4.79 Å². The monoisotopic (exact) mass is 292 g/mol. The summed E-state index contributed by atoms with van der Waals surface area (Å²) < 4.78 is 0. The molecule has 1 heterocycles. The maximum Gasteiger partial charge on any atom is 0.251 e. The Kier molecular flexibility index (Phi) is 7.75. The number of carbonyl (C=O) groups excluding carboxylic acids is 1. The summed E-state index contributed by atoms with van der Waals surface area (Å²) in [6.07, 6.45) is 6.65. The topological polar surface area (TPSA) is 80.0 Å². The Morgan fingerprint density at radius 3 is 2.67 bits per heavy atom. The van der Waals surface area contributed by atoms with E-state index in [1.165, 1.54) is 19.3 Å². The molecule has 4 N–H and O–H groups in total. The van der Waals surface area contributed by atoms with E-state index >= 15 is 0 Å². The second-order valence-corrected chi connectivity index (χ2v) is 5.45. The van der Waals surface area contributed by atoms with Gasteiger partial charge in [-0.05, 0) is 31.9 Å². The van der Waals surface area contributed by atoms with Crippen LogP contribution in [-0.2, 0) is 6.42 Å². The summed E-state index contributed by atoms with van der Waals surface area (Å²) in [6.45, 7) is 6.25. The number of nitrogens with one attached hydrogen (secondary N) is 2. The lowest BCUT2D eigenvalue weighted by Crippen LogP contribution is -2.32. The minimum Gasteiger partial charge on any atom is -0.350 e. The second kappa shape index (κ2) is 9.34. The highest BCUT2D eigenvalue weighted by Gasteiger charge is 2.12. The van der Waals surface area contributed by atoms with Crippen LogP contribution in [0.5, 0.6) is 0 Å². The first kappa shape index (κ1) is 17.4. The molecule has 0 fully saturated rings. The number of aryl methyl sites for hydroxylation is 1. The number of hydrogen-bond donors (Lipinski definition) is 3. The Morgan fingerprint density at radius 1 is 1.29 bits per heavy atom. The van der Waals surface area contributed by atoms with Crippen molar-refractivity contribution in [3.8, 4) is 0 Å². The van der Waals surface area contributed by atoms with Gasteiger partial charge in [0.15, 0.2) is 0 Å². The van der Waals surface area contributed by atoms with Gasteiger partial charge in [-0.1, -0.05) is 39.5 Å². The number of nitrogens with two attached hydrogens (primary N) is 1. The van der Waals surface area contributed by atoms with Crippen LogP contribution in [0.2, 0.25) is 0 Å². The highest BCUT2D eigenvalue weighted by molar-refractivity contribution is 5.95. The van der Waals surface area contributed by atoms with Gasteiger partial charge in [0.25, 0.3) is 5.91 Å². The van der Waals surface area contributed by atoms with Crippen LogP contribution < -0.4 is 16.6 Å². The van der Waals surface area contributed by atoms with Gasteiger partial charge >= 0.3 is 0 Å². The minimum absolute atomic E-state index is 0.0633. The summed E-state index contributed by atoms with van der Waals surface area (Å²) in [4.78, 5) is 16.6. The predicted molar refractivity (Wildman–Crippen MR) is 87.1 cm³/mol. The van der Waals surface area contributed by atoms with Crippen LogP contribution in [0, 0.1) is 0 Å². The molecule has 0 saturated heterocycles. The smallest absolute Gasteiger partial charge is 0.251 e. The summed E-state index contributed by atoms with van der Waals surface area (Å²) in [6, 6.07) is 3.68. The Hall–Kier alpha value is -1.62. The lowest BCUT2D eigenvalue weighted by Gasteiger charge is -2.14. The number of hydrazine groups is 1. The van der Waals surface area contributed by atoms with E-state index in [2.05, 4.69) is 22.7 Å². The van der Waals surface area contributed by atoms with Crippen molar-refractivity contribution in [2.24, 2.45) is 5.84 Å². The van der Waals surface area contributed by atoms with E-state index in [1.807, 2.05) is 19.9 Å². The van der Waals surface area contributed by atoms with E-state index in [0.29, 0.717) is 11.4 Å². The molecule has 21 heavy (non-hydrogen) atoms. The Bertz CT molecular complexity index is 426. The molecule has 0 saturated carbocycles. The standard InChI is InChI=1S/C16H28N4O/c1-4-6-7-8-9-12(3)18-16(21)13-10-14(5-2)19-15(11-13)20-17/h10-12H,4-9,17H2,1-3H3,(H,18,21)(H,19,20). The largest absolute Gasteiger partial charge is 0.350 e. The molecule has 1 atom stereocenters. The second-order valence-electron chi connectivity index (χ2n) is 5.45. The average Bonchev–Trinajstić information content (AvgIpc) is 2.50. The predicted octanol–water partition coefficient (Wildman–Crippen LogP) is 3.02. The van der Waals surface area contributed by atoms with Gasteiger partial charge in [0.1, 0.15) is 5.82 Å². The van der Waals surface area contributed by atoms with Crippen LogP contribution in [0.1, 0.15) is 68.9 Å². The van der Waals surface area contributed by atoms with Gasteiger partial charge in [-0.15, -0.1) is 0 Å². The fourth-order valence-corrected chi connectivity index (χ4v) is 2.23. The molecule has 0 aliphatic rings. The van der Waals surface area contributed by atoms with Crippen molar-refractivity contribution < 1.29 is 4.79 Å². The van der Waals surface area contributed by atoms with Crippen LogP contribution in [0.15, 0.2) is 12.1 Å². The molecule has 118 valence electrons. The normalized spacial score (nSPS) is 12.0. The number of pyridine rings is 1. The van der Waals surface area contributed by atoms with E-state index in [0.717, 1.165) is 25.0 Å². The molecule has 1 unspecified atom stereocenters. The Morgan fingerprint density at radius 2 is 2.05 bits per heavy atom. The first-order valence-corrected chi connectivity index (χ1v) is 7.89. The SMILES string of the molecule is CCCCCCC(C)NC(=O)c1cc(CC)nc(NN)c1. The van der Waals surface area contributed by atoms with Crippen LogP contribution in [-0.4, -0.2) is 16.9 Å². The first-order valence-electron chi connectivity index (χ1n) is 7.89. The third-order valence-corrected chi connectivity index (χ3v) is 3.52. The molecule has 1 rings (SSSR count). The van der Waals surface area contributed by atoms with Gasteiger partial charge in [0, 0.05) is 17.3 Å². The number of carbonyl (C=O) groups is 1.